The number of fused-ring (bicyclic) bond motifs is 1. The summed E-state index contributed by atoms with van der Waals surface area (Å²) in [6, 6.07) is 10.5. The second-order valence-corrected chi connectivity index (χ2v) is 6.43. The molecule has 0 fully saturated rings. The van der Waals surface area contributed by atoms with Crippen molar-refractivity contribution in [2.75, 3.05) is 0 Å². The maximum atomic E-state index is 4.69. The van der Waals surface area contributed by atoms with Crippen LogP contribution >= 0.6 is 27.3 Å². The fraction of sp³-hybridized carbons (Fsp3) is 0.267. The quantitative estimate of drug-likeness (QED) is 0.749. The Morgan fingerprint density at radius 3 is 2.85 bits per heavy atom. The summed E-state index contributed by atoms with van der Waals surface area (Å²) in [7, 11) is 0. The summed E-state index contributed by atoms with van der Waals surface area (Å²) in [4.78, 5) is 1.32. The van der Waals surface area contributed by atoms with Crippen LogP contribution in [0.4, 0.5) is 0 Å². The zero-order chi connectivity index (χ0) is 13.9. The molecule has 0 spiro atoms. The minimum atomic E-state index is 0.790. The second-order valence-electron chi connectivity index (χ2n) is 4.57. The third-order valence-electron chi connectivity index (χ3n) is 3.30. The van der Waals surface area contributed by atoms with Crippen LogP contribution in [0.5, 0.6) is 0 Å². The van der Waals surface area contributed by atoms with Crippen LogP contribution in [-0.4, -0.2) is 9.78 Å². The molecule has 0 atom stereocenters. The molecule has 5 heteroatoms. The molecule has 0 saturated heterocycles. The molecule has 0 aliphatic carbocycles. The van der Waals surface area contributed by atoms with Crippen molar-refractivity contribution in [2.45, 2.75) is 26.6 Å². The molecule has 0 bridgehead atoms. The molecule has 2 aromatic heterocycles. The van der Waals surface area contributed by atoms with E-state index in [1.807, 2.05) is 0 Å². The third-order valence-corrected chi connectivity index (χ3v) is 5.23. The molecule has 0 unspecified atom stereocenters. The molecule has 1 N–H and O–H groups in total. The lowest BCUT2D eigenvalue weighted by atomic mass is 10.2. The standard InChI is InChI=1S/C15H16BrN3S/c1-2-19-14-6-4-3-5-11(14)13(18-19)9-17-10-15-12(16)7-8-20-15/h3-8,17H,2,9-10H2,1H3. The zero-order valence-corrected chi connectivity index (χ0v) is 13.7. The predicted molar refractivity (Wildman–Crippen MR) is 88.0 cm³/mol. The van der Waals surface area contributed by atoms with Crippen LogP contribution in [0.2, 0.25) is 0 Å². The van der Waals surface area contributed by atoms with Gasteiger partial charge in [-0.25, -0.2) is 0 Å². The van der Waals surface area contributed by atoms with Crippen LogP contribution < -0.4 is 5.32 Å². The highest BCUT2D eigenvalue weighted by Gasteiger charge is 2.09. The number of nitrogens with zero attached hydrogens (tertiary/aromatic N) is 2. The van der Waals surface area contributed by atoms with Crippen molar-refractivity contribution in [1.82, 2.24) is 15.1 Å². The monoisotopic (exact) mass is 349 g/mol. The van der Waals surface area contributed by atoms with E-state index in [-0.39, 0.29) is 0 Å². The van der Waals surface area contributed by atoms with Gasteiger partial charge in [-0.3, -0.25) is 4.68 Å². The van der Waals surface area contributed by atoms with E-state index in [1.165, 1.54) is 20.3 Å². The third kappa shape index (κ3) is 2.66. The van der Waals surface area contributed by atoms with Gasteiger partial charge in [-0.2, -0.15) is 5.10 Å². The van der Waals surface area contributed by atoms with Gasteiger partial charge in [-0.1, -0.05) is 18.2 Å². The largest absolute Gasteiger partial charge is 0.306 e. The number of halogens is 1. The van der Waals surface area contributed by atoms with Gasteiger partial charge in [0, 0.05) is 34.4 Å². The number of benzene rings is 1. The van der Waals surface area contributed by atoms with Crippen molar-refractivity contribution in [3.8, 4) is 0 Å². The molecule has 0 radical (unpaired) electrons. The van der Waals surface area contributed by atoms with Crippen molar-refractivity contribution >= 4 is 38.2 Å². The average molecular weight is 350 g/mol. The van der Waals surface area contributed by atoms with Gasteiger partial charge in [0.1, 0.15) is 0 Å². The Hall–Kier alpha value is -1.17. The van der Waals surface area contributed by atoms with Gasteiger partial charge in [0.05, 0.1) is 11.2 Å². The topological polar surface area (TPSA) is 29.9 Å². The van der Waals surface area contributed by atoms with Crippen molar-refractivity contribution in [1.29, 1.82) is 0 Å². The van der Waals surface area contributed by atoms with Crippen LogP contribution in [0.15, 0.2) is 40.2 Å². The van der Waals surface area contributed by atoms with Crippen LogP contribution in [0, 0.1) is 0 Å². The average Bonchev–Trinajstić information content (AvgIpc) is 3.04. The van der Waals surface area contributed by atoms with Crippen LogP contribution in [0.3, 0.4) is 0 Å². The fourth-order valence-corrected chi connectivity index (χ4v) is 3.78. The molecule has 3 aromatic rings. The van der Waals surface area contributed by atoms with Gasteiger partial charge < -0.3 is 5.32 Å². The van der Waals surface area contributed by atoms with E-state index < -0.39 is 0 Å². The van der Waals surface area contributed by atoms with Gasteiger partial charge in [0.15, 0.2) is 0 Å². The van der Waals surface area contributed by atoms with Crippen LogP contribution in [0.1, 0.15) is 17.5 Å². The SMILES string of the molecule is CCn1nc(CNCc2sccc2Br)c2ccccc21. The molecule has 0 aliphatic heterocycles. The van der Waals surface area contributed by atoms with E-state index in [9.17, 15) is 0 Å². The number of aromatic nitrogens is 2. The summed E-state index contributed by atoms with van der Waals surface area (Å²) in [6.45, 7) is 4.68. The Balaban J connectivity index is 1.76. The minimum Gasteiger partial charge on any atom is -0.306 e. The first-order valence-electron chi connectivity index (χ1n) is 6.66. The Labute approximate surface area is 130 Å². The Morgan fingerprint density at radius 1 is 1.25 bits per heavy atom. The first-order valence-corrected chi connectivity index (χ1v) is 8.34. The maximum Gasteiger partial charge on any atom is 0.0841 e. The smallest absolute Gasteiger partial charge is 0.0841 e. The lowest BCUT2D eigenvalue weighted by Gasteiger charge is -2.02. The molecule has 0 aliphatic rings. The number of nitrogens with one attached hydrogen (secondary N) is 1. The highest BCUT2D eigenvalue weighted by Crippen LogP contribution is 2.23. The second kappa shape index (κ2) is 6.08. The first-order chi connectivity index (χ1) is 9.79. The summed E-state index contributed by atoms with van der Waals surface area (Å²) in [5, 5.41) is 11.5. The molecule has 104 valence electrons. The molecular formula is C15H16BrN3S. The number of hydrogen-bond acceptors (Lipinski definition) is 3. The number of para-hydroxylation sites is 1. The highest BCUT2D eigenvalue weighted by atomic mass is 79.9. The Morgan fingerprint density at radius 2 is 2.10 bits per heavy atom. The van der Waals surface area contributed by atoms with Crippen LogP contribution in [-0.2, 0) is 19.6 Å². The van der Waals surface area contributed by atoms with E-state index in [1.54, 1.807) is 11.3 Å². The van der Waals surface area contributed by atoms with Gasteiger partial charge in [-0.05, 0) is 40.4 Å². The Bertz CT molecular complexity index is 717. The van der Waals surface area contributed by atoms with Gasteiger partial charge in [0.2, 0.25) is 0 Å². The molecule has 2 heterocycles. The van der Waals surface area contributed by atoms with E-state index in [2.05, 4.69) is 68.6 Å². The summed E-state index contributed by atoms with van der Waals surface area (Å²) >= 11 is 5.32. The van der Waals surface area contributed by atoms with Gasteiger partial charge in [-0.15, -0.1) is 11.3 Å². The lowest BCUT2D eigenvalue weighted by molar-refractivity contribution is 0.633. The van der Waals surface area contributed by atoms with Gasteiger partial charge >= 0.3 is 0 Å². The van der Waals surface area contributed by atoms with E-state index >= 15 is 0 Å². The van der Waals surface area contributed by atoms with E-state index in [0.29, 0.717) is 0 Å². The molecule has 20 heavy (non-hydrogen) atoms. The summed E-state index contributed by atoms with van der Waals surface area (Å²) in [6.07, 6.45) is 0. The fourth-order valence-electron chi connectivity index (χ4n) is 2.31. The zero-order valence-electron chi connectivity index (χ0n) is 11.3. The van der Waals surface area contributed by atoms with Crippen molar-refractivity contribution < 1.29 is 0 Å². The lowest BCUT2D eigenvalue weighted by Crippen LogP contribution is -2.13. The molecule has 1 aromatic carbocycles. The van der Waals surface area contributed by atoms with Gasteiger partial charge in [0.25, 0.3) is 0 Å². The minimum absolute atomic E-state index is 0.790. The number of rotatable bonds is 5. The summed E-state index contributed by atoms with van der Waals surface area (Å²) in [5.41, 5.74) is 2.33. The summed E-state index contributed by atoms with van der Waals surface area (Å²) < 4.78 is 3.24. The number of aryl methyl sites for hydroxylation is 1. The molecule has 0 amide bonds. The number of thiophene rings is 1. The Kier molecular flexibility index (Phi) is 4.19. The van der Waals surface area contributed by atoms with Crippen molar-refractivity contribution in [3.63, 3.8) is 0 Å². The molecule has 0 saturated carbocycles. The molecule has 3 rings (SSSR count). The normalized spacial score (nSPS) is 11.3. The first kappa shape index (κ1) is 13.8. The predicted octanol–water partition coefficient (Wildman–Crippen LogP) is 4.17. The molecule has 3 nitrogen and oxygen atoms in total. The van der Waals surface area contributed by atoms with Crippen LogP contribution in [0.25, 0.3) is 10.9 Å². The highest BCUT2D eigenvalue weighted by molar-refractivity contribution is 9.10. The van der Waals surface area contributed by atoms with E-state index in [0.717, 1.165) is 25.3 Å². The van der Waals surface area contributed by atoms with E-state index in [4.69, 9.17) is 5.10 Å². The summed E-state index contributed by atoms with van der Waals surface area (Å²) in [5.74, 6) is 0. The van der Waals surface area contributed by atoms with Crippen molar-refractivity contribution in [2.24, 2.45) is 0 Å². The maximum absolute atomic E-state index is 4.69. The number of hydrogen-bond donors (Lipinski definition) is 1. The molecular weight excluding hydrogens is 334 g/mol. The van der Waals surface area contributed by atoms with Crippen molar-refractivity contribution in [3.05, 3.63) is 50.8 Å².